The Morgan fingerprint density at radius 2 is 2.04 bits per heavy atom. The smallest absolute Gasteiger partial charge is 0.330 e. The average Bonchev–Trinajstić information content (AvgIpc) is 3.23. The van der Waals surface area contributed by atoms with Crippen molar-refractivity contribution >= 4 is 11.0 Å². The van der Waals surface area contributed by atoms with Crippen LogP contribution in [0.4, 0.5) is 0 Å². The van der Waals surface area contributed by atoms with E-state index in [0.29, 0.717) is 41.2 Å². The molecule has 3 aromatic rings. The standard InChI is InChI=1S/C20H21N3O5/c1-26-15-6-5-12(10-16(15)27-2)14-7-8-21-18-17(14)19(24)22-20(25)23(18)11-13-4-3-9-28-13/h5-8,10,13H,3-4,9,11H2,1-2H3,(H,22,24,25)/t13-/m0/s1. The molecule has 4 rings (SSSR count). The molecule has 0 radical (unpaired) electrons. The molecule has 146 valence electrons. The van der Waals surface area contributed by atoms with E-state index < -0.39 is 11.2 Å². The number of ether oxygens (including phenoxy) is 3. The van der Waals surface area contributed by atoms with Crippen LogP contribution in [0.1, 0.15) is 12.8 Å². The van der Waals surface area contributed by atoms with Crippen molar-refractivity contribution in [3.8, 4) is 22.6 Å². The van der Waals surface area contributed by atoms with Crippen LogP contribution in [0.5, 0.6) is 11.5 Å². The third-order valence-corrected chi connectivity index (χ3v) is 4.98. The first-order valence-corrected chi connectivity index (χ1v) is 9.08. The second-order valence-corrected chi connectivity index (χ2v) is 6.63. The molecule has 2 aromatic heterocycles. The number of rotatable bonds is 5. The fourth-order valence-corrected chi connectivity index (χ4v) is 3.61. The molecular formula is C20H21N3O5. The predicted molar refractivity (Wildman–Crippen MR) is 104 cm³/mol. The molecule has 8 nitrogen and oxygen atoms in total. The normalized spacial score (nSPS) is 16.4. The van der Waals surface area contributed by atoms with Crippen LogP contribution in [0.3, 0.4) is 0 Å². The highest BCUT2D eigenvalue weighted by Gasteiger charge is 2.20. The number of hydrogen-bond donors (Lipinski definition) is 1. The summed E-state index contributed by atoms with van der Waals surface area (Å²) in [5.41, 5.74) is 0.814. The highest BCUT2D eigenvalue weighted by Crippen LogP contribution is 2.34. The van der Waals surface area contributed by atoms with Crippen molar-refractivity contribution in [2.45, 2.75) is 25.5 Å². The van der Waals surface area contributed by atoms with Crippen molar-refractivity contribution < 1.29 is 14.2 Å². The molecule has 1 atom stereocenters. The van der Waals surface area contributed by atoms with Gasteiger partial charge in [0.1, 0.15) is 5.65 Å². The van der Waals surface area contributed by atoms with Gasteiger partial charge in [0.25, 0.3) is 5.56 Å². The molecule has 1 aliphatic rings. The number of hydrogen-bond acceptors (Lipinski definition) is 6. The second kappa shape index (κ2) is 7.47. The Hall–Kier alpha value is -3.13. The lowest BCUT2D eigenvalue weighted by Crippen LogP contribution is -2.34. The molecule has 0 spiro atoms. The Kier molecular flexibility index (Phi) is 4.87. The minimum absolute atomic E-state index is 0.0571. The summed E-state index contributed by atoms with van der Waals surface area (Å²) in [6.07, 6.45) is 3.38. The number of aromatic nitrogens is 3. The highest BCUT2D eigenvalue weighted by atomic mass is 16.5. The fourth-order valence-electron chi connectivity index (χ4n) is 3.61. The van der Waals surface area contributed by atoms with E-state index in [2.05, 4.69) is 9.97 Å². The first-order chi connectivity index (χ1) is 13.6. The Labute approximate surface area is 160 Å². The zero-order valence-electron chi connectivity index (χ0n) is 15.7. The molecule has 1 saturated heterocycles. The minimum Gasteiger partial charge on any atom is -0.493 e. The van der Waals surface area contributed by atoms with Gasteiger partial charge in [-0.1, -0.05) is 6.07 Å². The number of methoxy groups -OCH3 is 2. The topological polar surface area (TPSA) is 95.4 Å². The molecule has 0 saturated carbocycles. The molecule has 8 heteroatoms. The van der Waals surface area contributed by atoms with Crippen molar-refractivity contribution in [3.05, 3.63) is 51.3 Å². The summed E-state index contributed by atoms with van der Waals surface area (Å²) in [7, 11) is 3.12. The van der Waals surface area contributed by atoms with Crippen molar-refractivity contribution in [3.63, 3.8) is 0 Å². The van der Waals surface area contributed by atoms with Crippen molar-refractivity contribution in [1.29, 1.82) is 0 Å². The van der Waals surface area contributed by atoms with Crippen LogP contribution in [-0.4, -0.2) is 41.5 Å². The first kappa shape index (κ1) is 18.2. The third-order valence-electron chi connectivity index (χ3n) is 4.98. The monoisotopic (exact) mass is 383 g/mol. The summed E-state index contributed by atoms with van der Waals surface area (Å²) >= 11 is 0. The summed E-state index contributed by atoms with van der Waals surface area (Å²) in [6.45, 7) is 1.04. The summed E-state index contributed by atoms with van der Waals surface area (Å²) in [5.74, 6) is 1.14. The van der Waals surface area contributed by atoms with Gasteiger partial charge in [0.2, 0.25) is 0 Å². The van der Waals surface area contributed by atoms with Crippen LogP contribution >= 0.6 is 0 Å². The molecule has 1 aliphatic heterocycles. The molecule has 1 aromatic carbocycles. The van der Waals surface area contributed by atoms with Crippen LogP contribution in [-0.2, 0) is 11.3 Å². The average molecular weight is 383 g/mol. The Morgan fingerprint density at radius 3 is 2.75 bits per heavy atom. The summed E-state index contributed by atoms with van der Waals surface area (Å²) in [5, 5.41) is 0.354. The predicted octanol–water partition coefficient (Wildman–Crippen LogP) is 1.95. The zero-order valence-corrected chi connectivity index (χ0v) is 15.7. The Bertz CT molecular complexity index is 1130. The van der Waals surface area contributed by atoms with Gasteiger partial charge >= 0.3 is 5.69 Å². The van der Waals surface area contributed by atoms with Crippen LogP contribution in [0, 0.1) is 0 Å². The van der Waals surface area contributed by atoms with E-state index in [9.17, 15) is 9.59 Å². The van der Waals surface area contributed by atoms with Crippen LogP contribution in [0.15, 0.2) is 40.1 Å². The largest absolute Gasteiger partial charge is 0.493 e. The minimum atomic E-state index is -0.482. The van der Waals surface area contributed by atoms with Crippen LogP contribution in [0.2, 0.25) is 0 Å². The van der Waals surface area contributed by atoms with E-state index in [1.165, 1.54) is 4.57 Å². The molecule has 0 unspecified atom stereocenters. The first-order valence-electron chi connectivity index (χ1n) is 9.08. The van der Waals surface area contributed by atoms with Gasteiger partial charge in [-0.3, -0.25) is 14.3 Å². The maximum atomic E-state index is 12.7. The SMILES string of the molecule is COc1ccc(-c2ccnc3c2c(=O)[nH]c(=O)n3C[C@@H]2CCCO2)cc1OC. The number of nitrogens with one attached hydrogen (secondary N) is 1. The number of H-pyrrole nitrogens is 1. The van der Waals surface area contributed by atoms with Crippen molar-refractivity contribution in [2.75, 3.05) is 20.8 Å². The van der Waals surface area contributed by atoms with E-state index in [0.717, 1.165) is 18.4 Å². The van der Waals surface area contributed by atoms with Crippen LogP contribution in [0.25, 0.3) is 22.2 Å². The summed E-state index contributed by atoms with van der Waals surface area (Å²) in [4.78, 5) is 31.9. The summed E-state index contributed by atoms with van der Waals surface area (Å²) < 4.78 is 17.8. The van der Waals surface area contributed by atoms with E-state index in [1.54, 1.807) is 38.6 Å². The molecule has 1 fully saturated rings. The number of benzene rings is 1. The molecule has 3 heterocycles. The van der Waals surface area contributed by atoms with Crippen molar-refractivity contribution in [1.82, 2.24) is 14.5 Å². The van der Waals surface area contributed by atoms with Gasteiger partial charge in [0, 0.05) is 12.8 Å². The third kappa shape index (κ3) is 3.16. The van der Waals surface area contributed by atoms with Gasteiger partial charge in [-0.05, 0) is 42.2 Å². The van der Waals surface area contributed by atoms with E-state index >= 15 is 0 Å². The summed E-state index contributed by atoms with van der Waals surface area (Å²) in [6, 6.07) is 7.16. The lowest BCUT2D eigenvalue weighted by atomic mass is 10.0. The number of nitrogens with zero attached hydrogens (tertiary/aromatic N) is 2. The highest BCUT2D eigenvalue weighted by molar-refractivity contribution is 5.92. The fraction of sp³-hybridized carbons (Fsp3) is 0.350. The van der Waals surface area contributed by atoms with Crippen LogP contribution < -0.4 is 20.7 Å². The number of pyridine rings is 1. The number of aromatic amines is 1. The van der Waals surface area contributed by atoms with Gasteiger partial charge in [0.05, 0.1) is 32.3 Å². The maximum absolute atomic E-state index is 12.7. The quantitative estimate of drug-likeness (QED) is 0.724. The maximum Gasteiger partial charge on any atom is 0.330 e. The van der Waals surface area contributed by atoms with Gasteiger partial charge in [-0.2, -0.15) is 0 Å². The molecule has 0 bridgehead atoms. The van der Waals surface area contributed by atoms with E-state index in [1.807, 2.05) is 6.07 Å². The van der Waals surface area contributed by atoms with Crippen molar-refractivity contribution in [2.24, 2.45) is 0 Å². The molecule has 1 N–H and O–H groups in total. The number of fused-ring (bicyclic) bond motifs is 1. The Morgan fingerprint density at radius 1 is 1.21 bits per heavy atom. The molecular weight excluding hydrogens is 362 g/mol. The van der Waals surface area contributed by atoms with E-state index in [4.69, 9.17) is 14.2 Å². The Balaban J connectivity index is 1.91. The van der Waals surface area contributed by atoms with Gasteiger partial charge in [0.15, 0.2) is 11.5 Å². The zero-order chi connectivity index (χ0) is 19.7. The second-order valence-electron chi connectivity index (χ2n) is 6.63. The van der Waals surface area contributed by atoms with Gasteiger partial charge < -0.3 is 14.2 Å². The molecule has 0 amide bonds. The lowest BCUT2D eigenvalue weighted by molar-refractivity contribution is 0.0967. The lowest BCUT2D eigenvalue weighted by Gasteiger charge is -2.15. The van der Waals surface area contributed by atoms with E-state index in [-0.39, 0.29) is 6.10 Å². The molecule has 0 aliphatic carbocycles. The molecule has 28 heavy (non-hydrogen) atoms. The van der Waals surface area contributed by atoms with Gasteiger partial charge in [-0.25, -0.2) is 9.78 Å². The van der Waals surface area contributed by atoms with Gasteiger partial charge in [-0.15, -0.1) is 0 Å².